The molecule has 23 heavy (non-hydrogen) atoms. The van der Waals surface area contributed by atoms with Crippen molar-refractivity contribution >= 4 is 23.6 Å². The highest BCUT2D eigenvalue weighted by Gasteiger charge is 2.25. The van der Waals surface area contributed by atoms with Crippen LogP contribution in [0.25, 0.3) is 0 Å². The number of primary amides is 1. The van der Waals surface area contributed by atoms with Gasteiger partial charge in [0.15, 0.2) is 0 Å². The molecule has 0 aliphatic carbocycles. The summed E-state index contributed by atoms with van der Waals surface area (Å²) in [5, 5.41) is 7.45. The predicted molar refractivity (Wildman–Crippen MR) is 84.9 cm³/mol. The minimum Gasteiger partial charge on any atom is -0.368 e. The molecule has 0 radical (unpaired) electrons. The first kappa shape index (κ1) is 20.8. The van der Waals surface area contributed by atoms with Gasteiger partial charge in [-0.2, -0.15) is 0 Å². The topological polar surface area (TPSA) is 156 Å². The molecule has 0 aliphatic heterocycles. The van der Waals surface area contributed by atoms with Crippen molar-refractivity contribution in [3.63, 3.8) is 0 Å². The molecular weight excluding hydrogens is 302 g/mol. The quantitative estimate of drug-likeness (QED) is 0.296. The Morgan fingerprint density at radius 3 is 2.00 bits per heavy atom. The molecule has 132 valence electrons. The van der Waals surface area contributed by atoms with Crippen LogP contribution in [0.1, 0.15) is 40.0 Å². The third kappa shape index (κ3) is 8.77. The molecule has 0 aromatic heterocycles. The summed E-state index contributed by atoms with van der Waals surface area (Å²) < 4.78 is 0. The summed E-state index contributed by atoms with van der Waals surface area (Å²) in [4.78, 5) is 46.2. The fourth-order valence-corrected chi connectivity index (χ4v) is 1.81. The van der Waals surface area contributed by atoms with E-state index in [1.54, 1.807) is 0 Å². The van der Waals surface area contributed by atoms with Gasteiger partial charge in [-0.15, -0.1) is 0 Å². The van der Waals surface area contributed by atoms with E-state index in [9.17, 15) is 19.2 Å². The number of carbonyl (C=O) groups excluding carboxylic acids is 4. The van der Waals surface area contributed by atoms with Gasteiger partial charge in [-0.05, 0) is 39.7 Å². The van der Waals surface area contributed by atoms with Gasteiger partial charge in [0.05, 0.1) is 0 Å². The van der Waals surface area contributed by atoms with E-state index < -0.39 is 35.8 Å². The fourth-order valence-electron chi connectivity index (χ4n) is 1.81. The standard InChI is InChI=1S/C14H27N5O4/c1-8(12(16)21)18-14(23)11(6-4-5-7-15)19-13(22)9(2)17-10(3)20/h8-9,11H,4-7,15H2,1-3H3,(H2,16,21)(H,17,20)(H,18,23)(H,19,22). The molecule has 9 nitrogen and oxygen atoms in total. The maximum Gasteiger partial charge on any atom is 0.243 e. The maximum atomic E-state index is 12.2. The van der Waals surface area contributed by atoms with Crippen molar-refractivity contribution in [2.24, 2.45) is 11.5 Å². The Balaban J connectivity index is 4.78. The minimum absolute atomic E-state index is 0.348. The van der Waals surface area contributed by atoms with E-state index in [1.807, 2.05) is 0 Å². The molecule has 0 heterocycles. The van der Waals surface area contributed by atoms with Crippen molar-refractivity contribution in [2.75, 3.05) is 6.54 Å². The van der Waals surface area contributed by atoms with Crippen molar-refractivity contribution < 1.29 is 19.2 Å². The molecule has 7 N–H and O–H groups in total. The second-order valence-electron chi connectivity index (χ2n) is 5.40. The lowest BCUT2D eigenvalue weighted by molar-refractivity contribution is -0.132. The highest BCUT2D eigenvalue weighted by molar-refractivity contribution is 5.93. The van der Waals surface area contributed by atoms with E-state index in [4.69, 9.17) is 11.5 Å². The molecule has 3 unspecified atom stereocenters. The number of nitrogens with two attached hydrogens (primary N) is 2. The lowest BCUT2D eigenvalue weighted by Gasteiger charge is -2.22. The summed E-state index contributed by atoms with van der Waals surface area (Å²) in [5.41, 5.74) is 10.5. The van der Waals surface area contributed by atoms with E-state index >= 15 is 0 Å². The average Bonchev–Trinajstić information content (AvgIpc) is 2.45. The molecule has 0 aliphatic rings. The van der Waals surface area contributed by atoms with E-state index in [-0.39, 0.29) is 5.91 Å². The van der Waals surface area contributed by atoms with Crippen molar-refractivity contribution in [1.29, 1.82) is 0 Å². The fraction of sp³-hybridized carbons (Fsp3) is 0.714. The number of nitrogens with one attached hydrogen (secondary N) is 3. The van der Waals surface area contributed by atoms with Crippen molar-refractivity contribution in [2.45, 2.75) is 58.2 Å². The molecule has 3 atom stereocenters. The first-order chi connectivity index (χ1) is 10.7. The maximum absolute atomic E-state index is 12.2. The zero-order valence-corrected chi connectivity index (χ0v) is 13.8. The first-order valence-electron chi connectivity index (χ1n) is 7.56. The number of amides is 4. The second kappa shape index (κ2) is 10.5. The van der Waals surface area contributed by atoms with Gasteiger partial charge >= 0.3 is 0 Å². The summed E-state index contributed by atoms with van der Waals surface area (Å²) in [6, 6.07) is -2.44. The Morgan fingerprint density at radius 1 is 0.913 bits per heavy atom. The Labute approximate surface area is 135 Å². The predicted octanol–water partition coefficient (Wildman–Crippen LogP) is -1.89. The van der Waals surface area contributed by atoms with Gasteiger partial charge in [0.2, 0.25) is 23.6 Å². The lowest BCUT2D eigenvalue weighted by Crippen LogP contribution is -2.55. The molecule has 0 bridgehead atoms. The molecule has 0 fully saturated rings. The van der Waals surface area contributed by atoms with Crippen LogP contribution < -0.4 is 27.4 Å². The number of carbonyl (C=O) groups is 4. The van der Waals surface area contributed by atoms with E-state index in [0.717, 1.165) is 0 Å². The number of hydrogen-bond acceptors (Lipinski definition) is 5. The molecule has 0 aromatic carbocycles. The third-order valence-electron chi connectivity index (χ3n) is 3.18. The number of unbranched alkanes of at least 4 members (excludes halogenated alkanes) is 1. The molecular formula is C14H27N5O4. The monoisotopic (exact) mass is 329 g/mol. The Hall–Kier alpha value is -2.16. The Bertz CT molecular complexity index is 441. The largest absolute Gasteiger partial charge is 0.368 e. The van der Waals surface area contributed by atoms with Gasteiger partial charge in [0.25, 0.3) is 0 Å². The van der Waals surface area contributed by atoms with E-state index in [2.05, 4.69) is 16.0 Å². The van der Waals surface area contributed by atoms with Crippen LogP contribution in [0.4, 0.5) is 0 Å². The molecule has 4 amide bonds. The third-order valence-corrected chi connectivity index (χ3v) is 3.18. The Morgan fingerprint density at radius 2 is 1.52 bits per heavy atom. The van der Waals surface area contributed by atoms with Crippen molar-refractivity contribution in [1.82, 2.24) is 16.0 Å². The highest BCUT2D eigenvalue weighted by atomic mass is 16.2. The van der Waals surface area contributed by atoms with Gasteiger partial charge in [-0.25, -0.2) is 0 Å². The first-order valence-corrected chi connectivity index (χ1v) is 7.56. The molecule has 0 rings (SSSR count). The van der Waals surface area contributed by atoms with Crippen LogP contribution in [0, 0.1) is 0 Å². The lowest BCUT2D eigenvalue weighted by atomic mass is 10.1. The van der Waals surface area contributed by atoms with Gasteiger partial charge < -0.3 is 27.4 Å². The smallest absolute Gasteiger partial charge is 0.243 e. The number of hydrogen-bond donors (Lipinski definition) is 5. The summed E-state index contributed by atoms with van der Waals surface area (Å²) >= 11 is 0. The number of rotatable bonds is 10. The molecule has 9 heteroatoms. The van der Waals surface area contributed by atoms with Crippen LogP contribution >= 0.6 is 0 Å². The van der Waals surface area contributed by atoms with E-state index in [1.165, 1.54) is 20.8 Å². The summed E-state index contributed by atoms with van der Waals surface area (Å²) in [6.07, 6.45) is 1.70. The van der Waals surface area contributed by atoms with Crippen molar-refractivity contribution in [3.05, 3.63) is 0 Å². The van der Waals surface area contributed by atoms with Crippen LogP contribution in [-0.2, 0) is 19.2 Å². The van der Waals surface area contributed by atoms with Crippen LogP contribution in [-0.4, -0.2) is 48.3 Å². The molecule has 0 aromatic rings. The molecule has 0 saturated heterocycles. The van der Waals surface area contributed by atoms with Gasteiger partial charge in [-0.3, -0.25) is 19.2 Å². The summed E-state index contributed by atoms with van der Waals surface area (Å²) in [6.45, 7) is 4.74. The summed E-state index contributed by atoms with van der Waals surface area (Å²) in [7, 11) is 0. The van der Waals surface area contributed by atoms with Crippen LogP contribution in [0.3, 0.4) is 0 Å². The highest BCUT2D eigenvalue weighted by Crippen LogP contribution is 2.02. The van der Waals surface area contributed by atoms with Crippen molar-refractivity contribution in [3.8, 4) is 0 Å². The SMILES string of the molecule is CC(=O)NC(C)C(=O)NC(CCCCN)C(=O)NC(C)C(N)=O. The van der Waals surface area contributed by atoms with Gasteiger partial charge in [0, 0.05) is 6.92 Å². The van der Waals surface area contributed by atoms with Gasteiger partial charge in [-0.1, -0.05) is 0 Å². The molecule has 0 spiro atoms. The van der Waals surface area contributed by atoms with Crippen LogP contribution in [0.15, 0.2) is 0 Å². The van der Waals surface area contributed by atoms with Crippen LogP contribution in [0.2, 0.25) is 0 Å². The van der Waals surface area contributed by atoms with E-state index in [0.29, 0.717) is 25.8 Å². The van der Waals surface area contributed by atoms with Gasteiger partial charge in [0.1, 0.15) is 18.1 Å². The zero-order valence-electron chi connectivity index (χ0n) is 13.8. The normalized spacial score (nSPS) is 14.3. The average molecular weight is 329 g/mol. The Kier molecular flexibility index (Phi) is 9.56. The second-order valence-corrected chi connectivity index (χ2v) is 5.40. The zero-order chi connectivity index (χ0) is 18.0. The molecule has 0 saturated carbocycles. The van der Waals surface area contributed by atoms with Crippen LogP contribution in [0.5, 0.6) is 0 Å². The minimum atomic E-state index is -0.843. The summed E-state index contributed by atoms with van der Waals surface area (Å²) in [5.74, 6) is -2.01.